The summed E-state index contributed by atoms with van der Waals surface area (Å²) >= 11 is 0.609. The Bertz CT molecular complexity index is 349. The lowest BCUT2D eigenvalue weighted by atomic mass is 9.81. The van der Waals surface area contributed by atoms with Gasteiger partial charge < -0.3 is 10.0 Å². The van der Waals surface area contributed by atoms with Crippen LogP contribution in [0.1, 0.15) is 9.67 Å². The number of nitro groups is 1. The molecule has 0 saturated heterocycles. The predicted molar refractivity (Wildman–Crippen MR) is 46.2 cm³/mol. The summed E-state index contributed by atoms with van der Waals surface area (Å²) < 4.78 is 0. The van der Waals surface area contributed by atoms with Crippen molar-refractivity contribution >= 4 is 35.2 Å². The van der Waals surface area contributed by atoms with Gasteiger partial charge in [0.15, 0.2) is 6.29 Å². The molecular weight excluding hydrogens is 197 g/mol. The van der Waals surface area contributed by atoms with Crippen LogP contribution >= 0.6 is 11.3 Å². The minimum atomic E-state index is -1.86. The van der Waals surface area contributed by atoms with E-state index in [4.69, 9.17) is 10.0 Å². The summed E-state index contributed by atoms with van der Waals surface area (Å²) in [5, 5.41) is 27.4. The fourth-order valence-corrected chi connectivity index (χ4v) is 1.61. The molecule has 0 radical (unpaired) electrons. The summed E-state index contributed by atoms with van der Waals surface area (Å²) in [7, 11) is -1.86. The average Bonchev–Trinajstić information content (AvgIpc) is 2.47. The molecule has 0 aliphatic heterocycles. The molecular formula is C5H4BNO5S. The number of nitrogens with zero attached hydrogens (tertiary/aromatic N) is 1. The first-order valence-corrected chi connectivity index (χ1v) is 3.97. The van der Waals surface area contributed by atoms with E-state index in [1.54, 1.807) is 0 Å². The SMILES string of the molecule is O=Cc1sc([N+](=O)[O-])cc1B(O)O. The van der Waals surface area contributed by atoms with Crippen molar-refractivity contribution < 1.29 is 19.8 Å². The summed E-state index contributed by atoms with van der Waals surface area (Å²) in [4.78, 5) is 19.8. The molecule has 1 aromatic heterocycles. The van der Waals surface area contributed by atoms with Crippen molar-refractivity contribution in [1.29, 1.82) is 0 Å². The first kappa shape index (κ1) is 9.84. The van der Waals surface area contributed by atoms with Gasteiger partial charge in [-0.2, -0.15) is 0 Å². The molecule has 0 unspecified atom stereocenters. The molecule has 0 atom stereocenters. The number of carbonyl (C=O) groups is 1. The summed E-state index contributed by atoms with van der Waals surface area (Å²) in [6, 6.07) is 0.971. The Morgan fingerprint density at radius 3 is 2.54 bits per heavy atom. The van der Waals surface area contributed by atoms with Crippen LogP contribution in [0.15, 0.2) is 6.07 Å². The zero-order valence-corrected chi connectivity index (χ0v) is 7.02. The van der Waals surface area contributed by atoms with Crippen LogP contribution in [0.5, 0.6) is 0 Å². The second kappa shape index (κ2) is 3.65. The van der Waals surface area contributed by atoms with E-state index < -0.39 is 12.0 Å². The lowest BCUT2D eigenvalue weighted by Gasteiger charge is -1.91. The summed E-state index contributed by atoms with van der Waals surface area (Å²) in [5.41, 5.74) is -0.133. The molecule has 0 aromatic carbocycles. The van der Waals surface area contributed by atoms with E-state index in [2.05, 4.69) is 0 Å². The lowest BCUT2D eigenvalue weighted by molar-refractivity contribution is -0.380. The molecule has 1 aromatic rings. The van der Waals surface area contributed by atoms with Crippen molar-refractivity contribution in [2.45, 2.75) is 0 Å². The van der Waals surface area contributed by atoms with Crippen LogP contribution in [-0.4, -0.2) is 28.4 Å². The molecule has 0 aliphatic rings. The number of hydrogen-bond acceptors (Lipinski definition) is 6. The standard InChI is InChI=1S/C5H4BNO5S/c8-2-4-3(6(9)10)1-5(13-4)7(11)12/h1-2,9-10H. The molecule has 0 saturated carbocycles. The van der Waals surface area contributed by atoms with Gasteiger partial charge in [0.2, 0.25) is 0 Å². The first-order chi connectivity index (χ1) is 6.06. The molecule has 1 rings (SSSR count). The second-order valence-electron chi connectivity index (χ2n) is 2.15. The zero-order chi connectivity index (χ0) is 10.0. The molecule has 8 heteroatoms. The quantitative estimate of drug-likeness (QED) is 0.287. The van der Waals surface area contributed by atoms with Crippen molar-refractivity contribution in [2.75, 3.05) is 0 Å². The van der Waals surface area contributed by atoms with Crippen molar-refractivity contribution in [3.8, 4) is 0 Å². The Balaban J connectivity index is 3.19. The number of carbonyl (C=O) groups excluding carboxylic acids is 1. The van der Waals surface area contributed by atoms with Crippen LogP contribution in [0, 0.1) is 10.1 Å². The predicted octanol–water partition coefficient (Wildman–Crippen LogP) is -0.851. The van der Waals surface area contributed by atoms with Gasteiger partial charge in [0.1, 0.15) is 0 Å². The van der Waals surface area contributed by atoms with Gasteiger partial charge in [-0.3, -0.25) is 14.9 Å². The average molecular weight is 201 g/mol. The molecule has 0 fully saturated rings. The van der Waals surface area contributed by atoms with Gasteiger partial charge in [-0.05, 0) is 0 Å². The number of thiophene rings is 1. The summed E-state index contributed by atoms with van der Waals surface area (Å²) in [5.74, 6) is 0. The highest BCUT2D eigenvalue weighted by atomic mass is 32.1. The van der Waals surface area contributed by atoms with Gasteiger partial charge in [0, 0.05) is 11.5 Å². The molecule has 0 bridgehead atoms. The summed E-state index contributed by atoms with van der Waals surface area (Å²) in [6.45, 7) is 0. The molecule has 1 heterocycles. The van der Waals surface area contributed by atoms with Crippen LogP contribution in [0.25, 0.3) is 0 Å². The Morgan fingerprint density at radius 1 is 1.62 bits per heavy atom. The van der Waals surface area contributed by atoms with E-state index >= 15 is 0 Å². The molecule has 0 aliphatic carbocycles. The monoisotopic (exact) mass is 201 g/mol. The molecule has 0 spiro atoms. The smallest absolute Gasteiger partial charge is 0.423 e. The largest absolute Gasteiger partial charge is 0.490 e. The Labute approximate surface area is 76.7 Å². The maximum atomic E-state index is 10.3. The zero-order valence-electron chi connectivity index (χ0n) is 6.21. The van der Waals surface area contributed by atoms with Crippen molar-refractivity contribution in [2.24, 2.45) is 0 Å². The van der Waals surface area contributed by atoms with Gasteiger partial charge in [-0.25, -0.2) is 0 Å². The van der Waals surface area contributed by atoms with E-state index in [0.717, 1.165) is 6.07 Å². The maximum absolute atomic E-state index is 10.3. The third-order valence-electron chi connectivity index (χ3n) is 1.34. The van der Waals surface area contributed by atoms with Crippen LogP contribution in [0.3, 0.4) is 0 Å². The van der Waals surface area contributed by atoms with Crippen molar-refractivity contribution in [3.63, 3.8) is 0 Å². The van der Waals surface area contributed by atoms with E-state index in [-0.39, 0.29) is 15.3 Å². The van der Waals surface area contributed by atoms with Gasteiger partial charge in [0.05, 0.1) is 9.80 Å². The van der Waals surface area contributed by atoms with Gasteiger partial charge in [0.25, 0.3) is 0 Å². The van der Waals surface area contributed by atoms with Crippen LogP contribution < -0.4 is 5.46 Å². The fraction of sp³-hybridized carbons (Fsp3) is 0. The third kappa shape index (κ3) is 1.91. The number of hydrogen-bond donors (Lipinski definition) is 2. The highest BCUT2D eigenvalue weighted by molar-refractivity contribution is 7.18. The molecule has 0 amide bonds. The van der Waals surface area contributed by atoms with Crippen molar-refractivity contribution in [3.05, 3.63) is 21.1 Å². The van der Waals surface area contributed by atoms with Crippen LogP contribution in [-0.2, 0) is 0 Å². The van der Waals surface area contributed by atoms with E-state index in [1.165, 1.54) is 0 Å². The van der Waals surface area contributed by atoms with Gasteiger partial charge >= 0.3 is 12.1 Å². The fourth-order valence-electron chi connectivity index (χ4n) is 0.789. The Kier molecular flexibility index (Phi) is 2.76. The van der Waals surface area contributed by atoms with E-state index in [1.807, 2.05) is 0 Å². The second-order valence-corrected chi connectivity index (χ2v) is 3.22. The van der Waals surface area contributed by atoms with Crippen LogP contribution in [0.2, 0.25) is 0 Å². The highest BCUT2D eigenvalue weighted by Crippen LogP contribution is 2.20. The minimum absolute atomic E-state index is 0.0401. The number of aldehydes is 1. The maximum Gasteiger partial charge on any atom is 0.490 e. The number of rotatable bonds is 3. The van der Waals surface area contributed by atoms with Crippen LogP contribution in [0.4, 0.5) is 5.00 Å². The first-order valence-electron chi connectivity index (χ1n) is 3.15. The molecule has 2 N–H and O–H groups in total. The Hall–Kier alpha value is -1.25. The van der Waals surface area contributed by atoms with E-state index in [0.29, 0.717) is 17.6 Å². The normalized spacial score (nSPS) is 9.69. The molecule has 13 heavy (non-hydrogen) atoms. The van der Waals surface area contributed by atoms with E-state index in [9.17, 15) is 14.9 Å². The van der Waals surface area contributed by atoms with Gasteiger partial charge in [-0.1, -0.05) is 11.3 Å². The molecule has 6 nitrogen and oxygen atoms in total. The molecule has 68 valence electrons. The Morgan fingerprint density at radius 2 is 2.23 bits per heavy atom. The topological polar surface area (TPSA) is 101 Å². The van der Waals surface area contributed by atoms with Gasteiger partial charge in [-0.15, -0.1) is 0 Å². The lowest BCUT2D eigenvalue weighted by Crippen LogP contribution is -2.30. The highest BCUT2D eigenvalue weighted by Gasteiger charge is 2.23. The summed E-state index contributed by atoms with van der Waals surface area (Å²) in [6.07, 6.45) is 0.354. The third-order valence-corrected chi connectivity index (χ3v) is 2.37. The minimum Gasteiger partial charge on any atom is -0.423 e. The van der Waals surface area contributed by atoms with Crippen molar-refractivity contribution in [1.82, 2.24) is 0 Å².